The fraction of sp³-hybridized carbons (Fsp3) is 0.538. The highest BCUT2D eigenvalue weighted by Crippen LogP contribution is 2.29. The largest absolute Gasteiger partial charge is 0.378 e. The Morgan fingerprint density at radius 1 is 1.44 bits per heavy atom. The molecule has 1 heterocycles. The van der Waals surface area contributed by atoms with E-state index >= 15 is 0 Å². The van der Waals surface area contributed by atoms with Crippen LogP contribution in [-0.2, 0) is 11.2 Å². The predicted molar refractivity (Wildman–Crippen MR) is 71.0 cm³/mol. The third-order valence-corrected chi connectivity index (χ3v) is 4.25. The van der Waals surface area contributed by atoms with Crippen LogP contribution in [-0.4, -0.2) is 18.1 Å². The number of halogens is 2. The minimum Gasteiger partial charge on any atom is -0.378 e. The van der Waals surface area contributed by atoms with Gasteiger partial charge in [0.05, 0.1) is 6.10 Å². The van der Waals surface area contributed by atoms with Gasteiger partial charge in [0, 0.05) is 22.4 Å². The number of hydrogen-bond acceptors (Lipinski definition) is 1. The molecule has 88 valence electrons. The molecule has 0 N–H and O–H groups in total. The van der Waals surface area contributed by atoms with Crippen molar-refractivity contribution in [1.29, 1.82) is 0 Å². The van der Waals surface area contributed by atoms with Crippen molar-refractivity contribution >= 4 is 27.5 Å². The highest BCUT2D eigenvalue weighted by atomic mass is 79.9. The second-order valence-corrected chi connectivity index (χ2v) is 5.85. The second-order valence-electron chi connectivity index (χ2n) is 4.38. The van der Waals surface area contributed by atoms with Crippen LogP contribution in [0.3, 0.4) is 0 Å². The van der Waals surface area contributed by atoms with Crippen molar-refractivity contribution in [2.45, 2.75) is 31.2 Å². The van der Waals surface area contributed by atoms with E-state index in [-0.39, 0.29) is 5.38 Å². The van der Waals surface area contributed by atoms with Gasteiger partial charge in [-0.2, -0.15) is 0 Å². The van der Waals surface area contributed by atoms with Gasteiger partial charge in [0.15, 0.2) is 0 Å². The quantitative estimate of drug-likeness (QED) is 0.766. The molecule has 1 aromatic rings. The Balaban J connectivity index is 1.96. The van der Waals surface area contributed by atoms with Gasteiger partial charge >= 0.3 is 0 Å². The Bertz CT molecular complexity index is 338. The number of rotatable bonds is 3. The van der Waals surface area contributed by atoms with Crippen LogP contribution in [0, 0.1) is 5.92 Å². The van der Waals surface area contributed by atoms with Gasteiger partial charge in [0.25, 0.3) is 0 Å². The van der Waals surface area contributed by atoms with Gasteiger partial charge in [-0.3, -0.25) is 0 Å². The molecule has 1 saturated heterocycles. The molecule has 1 aliphatic heterocycles. The van der Waals surface area contributed by atoms with Crippen LogP contribution >= 0.6 is 27.5 Å². The van der Waals surface area contributed by atoms with Crippen LogP contribution in [0.25, 0.3) is 0 Å². The molecular formula is C13H16BrClO. The van der Waals surface area contributed by atoms with Gasteiger partial charge in [-0.15, -0.1) is 11.6 Å². The standard InChI is InChI=1S/C13H16BrClO/c1-9-12(6-7-16-9)13(15)8-10-2-4-11(14)5-3-10/h2-5,9,12-13H,6-8H2,1H3. The maximum Gasteiger partial charge on any atom is 0.0590 e. The van der Waals surface area contributed by atoms with Crippen molar-refractivity contribution in [2.24, 2.45) is 5.92 Å². The molecule has 1 nitrogen and oxygen atoms in total. The average molecular weight is 304 g/mol. The highest BCUT2D eigenvalue weighted by Gasteiger charge is 2.30. The Morgan fingerprint density at radius 2 is 2.12 bits per heavy atom. The zero-order valence-electron chi connectivity index (χ0n) is 9.33. The summed E-state index contributed by atoms with van der Waals surface area (Å²) in [5.74, 6) is 0.491. The van der Waals surface area contributed by atoms with Gasteiger partial charge in [0.2, 0.25) is 0 Å². The van der Waals surface area contributed by atoms with Crippen LogP contribution in [0.1, 0.15) is 18.9 Å². The molecule has 0 saturated carbocycles. The van der Waals surface area contributed by atoms with Gasteiger partial charge in [0.1, 0.15) is 0 Å². The first-order valence-corrected chi connectivity index (χ1v) is 6.90. The van der Waals surface area contributed by atoms with Crippen molar-refractivity contribution in [3.8, 4) is 0 Å². The SMILES string of the molecule is CC1OCCC1C(Cl)Cc1ccc(Br)cc1. The molecule has 0 amide bonds. The molecule has 1 aromatic carbocycles. The summed E-state index contributed by atoms with van der Waals surface area (Å²) in [7, 11) is 0. The van der Waals surface area contributed by atoms with Crippen molar-refractivity contribution in [2.75, 3.05) is 6.61 Å². The first kappa shape index (κ1) is 12.4. The molecule has 3 heteroatoms. The third-order valence-electron chi connectivity index (χ3n) is 3.24. The van der Waals surface area contributed by atoms with Crippen LogP contribution in [0.2, 0.25) is 0 Å². The van der Waals surface area contributed by atoms with E-state index in [0.29, 0.717) is 12.0 Å². The molecular weight excluding hydrogens is 287 g/mol. The maximum atomic E-state index is 6.46. The van der Waals surface area contributed by atoms with Gasteiger partial charge in [-0.25, -0.2) is 0 Å². The van der Waals surface area contributed by atoms with E-state index in [9.17, 15) is 0 Å². The van der Waals surface area contributed by atoms with Gasteiger partial charge in [-0.1, -0.05) is 28.1 Å². The zero-order valence-corrected chi connectivity index (χ0v) is 11.7. The highest BCUT2D eigenvalue weighted by molar-refractivity contribution is 9.10. The molecule has 0 aliphatic carbocycles. The Labute approximate surface area is 110 Å². The molecule has 1 aliphatic rings. The minimum atomic E-state index is 0.179. The third kappa shape index (κ3) is 2.99. The fourth-order valence-electron chi connectivity index (χ4n) is 2.22. The van der Waals surface area contributed by atoms with E-state index in [1.165, 1.54) is 5.56 Å². The maximum absolute atomic E-state index is 6.46. The summed E-state index contributed by atoms with van der Waals surface area (Å²) in [6, 6.07) is 8.38. The Hall–Kier alpha value is -0.0500. The molecule has 0 bridgehead atoms. The Morgan fingerprint density at radius 3 is 2.69 bits per heavy atom. The molecule has 3 atom stereocenters. The molecule has 3 unspecified atom stereocenters. The van der Waals surface area contributed by atoms with Crippen LogP contribution in [0.4, 0.5) is 0 Å². The predicted octanol–water partition coefficient (Wildman–Crippen LogP) is 4.02. The average Bonchev–Trinajstić information content (AvgIpc) is 2.68. The fourth-order valence-corrected chi connectivity index (χ4v) is 2.99. The lowest BCUT2D eigenvalue weighted by molar-refractivity contribution is 0.105. The molecule has 0 spiro atoms. The summed E-state index contributed by atoms with van der Waals surface area (Å²) >= 11 is 9.90. The first-order valence-electron chi connectivity index (χ1n) is 5.67. The normalized spacial score (nSPS) is 26.9. The van der Waals surface area contributed by atoms with E-state index in [1.54, 1.807) is 0 Å². The smallest absolute Gasteiger partial charge is 0.0590 e. The summed E-state index contributed by atoms with van der Waals surface area (Å²) < 4.78 is 6.66. The minimum absolute atomic E-state index is 0.179. The van der Waals surface area contributed by atoms with Gasteiger partial charge < -0.3 is 4.74 Å². The lowest BCUT2D eigenvalue weighted by Crippen LogP contribution is -2.23. The van der Waals surface area contributed by atoms with E-state index in [2.05, 4.69) is 47.1 Å². The summed E-state index contributed by atoms with van der Waals surface area (Å²) in [5.41, 5.74) is 1.29. The van der Waals surface area contributed by atoms with E-state index in [0.717, 1.165) is 23.9 Å². The molecule has 0 aromatic heterocycles. The van der Waals surface area contributed by atoms with Crippen LogP contribution < -0.4 is 0 Å². The van der Waals surface area contributed by atoms with E-state index < -0.39 is 0 Å². The molecule has 2 rings (SSSR count). The van der Waals surface area contributed by atoms with E-state index in [1.807, 2.05) is 0 Å². The lowest BCUT2D eigenvalue weighted by Gasteiger charge is -2.20. The van der Waals surface area contributed by atoms with Crippen molar-refractivity contribution < 1.29 is 4.74 Å². The topological polar surface area (TPSA) is 9.23 Å². The number of benzene rings is 1. The van der Waals surface area contributed by atoms with Crippen molar-refractivity contribution in [1.82, 2.24) is 0 Å². The molecule has 16 heavy (non-hydrogen) atoms. The molecule has 0 radical (unpaired) electrons. The van der Waals surface area contributed by atoms with E-state index in [4.69, 9.17) is 16.3 Å². The summed E-state index contributed by atoms with van der Waals surface area (Å²) in [6.07, 6.45) is 2.32. The monoisotopic (exact) mass is 302 g/mol. The number of ether oxygens (including phenoxy) is 1. The number of alkyl halides is 1. The number of hydrogen-bond donors (Lipinski definition) is 0. The Kier molecular flexibility index (Phi) is 4.28. The van der Waals surface area contributed by atoms with Crippen LogP contribution in [0.5, 0.6) is 0 Å². The first-order chi connectivity index (χ1) is 7.66. The summed E-state index contributed by atoms with van der Waals surface area (Å²) in [5, 5.41) is 0.179. The zero-order chi connectivity index (χ0) is 11.5. The van der Waals surface area contributed by atoms with Crippen molar-refractivity contribution in [3.05, 3.63) is 34.3 Å². The van der Waals surface area contributed by atoms with Gasteiger partial charge in [-0.05, 0) is 37.5 Å². The molecule has 1 fully saturated rings. The summed E-state index contributed by atoms with van der Waals surface area (Å²) in [6.45, 7) is 2.98. The summed E-state index contributed by atoms with van der Waals surface area (Å²) in [4.78, 5) is 0. The second kappa shape index (κ2) is 5.52. The van der Waals surface area contributed by atoms with Crippen LogP contribution in [0.15, 0.2) is 28.7 Å². The lowest BCUT2D eigenvalue weighted by atomic mass is 9.94. The van der Waals surface area contributed by atoms with Crippen molar-refractivity contribution in [3.63, 3.8) is 0 Å².